The summed E-state index contributed by atoms with van der Waals surface area (Å²) in [6, 6.07) is 0. The normalized spacial score (nSPS) is 18.9. The summed E-state index contributed by atoms with van der Waals surface area (Å²) >= 11 is 0. The minimum absolute atomic E-state index is 0.0468. The summed E-state index contributed by atoms with van der Waals surface area (Å²) in [5, 5.41) is 0. The van der Waals surface area contributed by atoms with Crippen molar-refractivity contribution < 1.29 is 4.57 Å². The molecule has 0 aliphatic heterocycles. The first-order valence-corrected chi connectivity index (χ1v) is 17.5. The fraction of sp³-hybridized carbons (Fsp3) is 0. The van der Waals surface area contributed by atoms with Crippen LogP contribution in [0.5, 0.6) is 0 Å². The highest BCUT2D eigenvalue weighted by atomic mass is 33.1. The van der Waals surface area contributed by atoms with Crippen LogP contribution in [0.1, 0.15) is 0 Å². The molecule has 1 nitrogen and oxygen atoms in total. The van der Waals surface area contributed by atoms with Crippen molar-refractivity contribution in [3.05, 3.63) is 0 Å². The van der Waals surface area contributed by atoms with E-state index >= 15 is 0 Å². The molecule has 0 aliphatic carbocycles. The van der Waals surface area contributed by atoms with Gasteiger partial charge in [-0.25, -0.2) is 0 Å². The number of hydrogen-bond donors (Lipinski definition) is 0. The Balaban J connectivity index is 3.92. The minimum atomic E-state index is -0.252. The van der Waals surface area contributed by atoms with Gasteiger partial charge in [0.2, 0.25) is 0 Å². The molecule has 0 rings (SSSR count). The lowest BCUT2D eigenvalue weighted by atomic mass is 16.0. The third-order valence-electron chi connectivity index (χ3n) is 0.605. The van der Waals surface area contributed by atoms with Crippen LogP contribution in [0, 0.1) is 0 Å². The average Bonchev–Trinajstić information content (AvgIpc) is 1.88. The number of rotatable bonds is 4. The maximum atomic E-state index is 10.7. The zero-order chi connectivity index (χ0) is 8.15. The molecule has 7 unspecified atom stereocenters. The Kier molecular flexibility index (Phi) is 10.7. The van der Waals surface area contributed by atoms with E-state index in [1.165, 1.54) is 0 Å². The van der Waals surface area contributed by atoms with E-state index in [4.69, 9.17) is 0 Å². The van der Waals surface area contributed by atoms with Crippen molar-refractivity contribution in [2.75, 3.05) is 0 Å². The first kappa shape index (κ1) is 13.5. The van der Waals surface area contributed by atoms with Crippen LogP contribution in [-0.4, -0.2) is 0 Å². The molecule has 0 saturated carbocycles. The Morgan fingerprint density at radius 1 is 1.30 bits per heavy atom. The highest BCUT2D eigenvalue weighted by molar-refractivity contribution is 9.09. The van der Waals surface area contributed by atoms with E-state index in [0.717, 1.165) is 7.96 Å². The minimum Gasteiger partial charge on any atom is -0.269 e. The molecule has 0 amide bonds. The Bertz CT molecular complexity index is 96.9. The van der Waals surface area contributed by atoms with E-state index in [1.54, 1.807) is 0 Å². The zero-order valence-electron chi connectivity index (χ0n) is 5.01. The predicted molar refractivity (Wildman–Crippen MR) is 75.5 cm³/mol. The smallest absolute Gasteiger partial charge is 0.192 e. The van der Waals surface area contributed by atoms with Crippen molar-refractivity contribution in [1.82, 2.24) is 0 Å². The topological polar surface area (TPSA) is 17.1 Å². The summed E-state index contributed by atoms with van der Waals surface area (Å²) < 4.78 is 10.7. The summed E-state index contributed by atoms with van der Waals surface area (Å²) in [4.78, 5) is 0. The molecule has 10 heteroatoms. The maximum Gasteiger partial charge on any atom is 0.192 e. The van der Waals surface area contributed by atoms with Crippen LogP contribution in [0.3, 0.4) is 0 Å². The molecule has 0 aromatic heterocycles. The van der Waals surface area contributed by atoms with Crippen LogP contribution in [0.2, 0.25) is 0 Å². The molecule has 0 radical (unpaired) electrons. The molecule has 7 atom stereocenters. The van der Waals surface area contributed by atoms with Gasteiger partial charge in [-0.05, 0) is 14.0 Å². The Morgan fingerprint density at radius 2 is 1.80 bits per heavy atom. The van der Waals surface area contributed by atoms with Crippen LogP contribution in [0.25, 0.3) is 0 Å². The van der Waals surface area contributed by atoms with Gasteiger partial charge in [-0.1, -0.05) is 7.96 Å². The Hall–Kier alpha value is 3.54. The second-order valence-electron chi connectivity index (χ2n) is 1.20. The van der Waals surface area contributed by atoms with Crippen molar-refractivity contribution in [3.63, 3.8) is 0 Å². The van der Waals surface area contributed by atoms with Crippen molar-refractivity contribution in [2.45, 2.75) is 0 Å². The fourth-order valence-corrected chi connectivity index (χ4v) is 46.2. The summed E-state index contributed by atoms with van der Waals surface area (Å²) in [5.74, 6) is 0. The predicted octanol–water partition coefficient (Wildman–Crippen LogP) is 5.22. The summed E-state index contributed by atoms with van der Waals surface area (Å²) in [6.07, 6.45) is 0. The van der Waals surface area contributed by atoms with Gasteiger partial charge >= 0.3 is 0 Å². The monoisotopic (exact) mass is 304 g/mol. The first-order chi connectivity index (χ1) is 4.63. The molecular weight excluding hydrogens is 295 g/mol. The molecule has 60 valence electrons. The number of hydrogen-bond acceptors (Lipinski definition) is 1. The van der Waals surface area contributed by atoms with Crippen molar-refractivity contribution >= 4 is 72.8 Å². The molecule has 0 saturated heterocycles. The Labute approximate surface area is 77.4 Å². The second kappa shape index (κ2) is 7.90. The van der Waals surface area contributed by atoms with Crippen LogP contribution in [-0.2, 0) is 4.57 Å². The van der Waals surface area contributed by atoms with Gasteiger partial charge in [-0.2, -0.15) is 0 Å². The van der Waals surface area contributed by atoms with Gasteiger partial charge in [0.1, 0.15) is 0 Å². The van der Waals surface area contributed by atoms with Crippen molar-refractivity contribution in [2.24, 2.45) is 0 Å². The maximum absolute atomic E-state index is 10.7. The fourth-order valence-electron chi connectivity index (χ4n) is 0.244. The molecule has 0 heterocycles. The lowest BCUT2D eigenvalue weighted by Gasteiger charge is -2.18. The van der Waals surface area contributed by atoms with Gasteiger partial charge in [0.25, 0.3) is 0 Å². The molecule has 0 aromatic rings. The lowest BCUT2D eigenvalue weighted by molar-refractivity contribution is 0.605. The largest absolute Gasteiger partial charge is 0.269 e. The second-order valence-corrected chi connectivity index (χ2v) is 31.0. The summed E-state index contributed by atoms with van der Waals surface area (Å²) in [7, 11) is 12.3. The molecule has 0 N–H and O–H groups in total. The highest BCUT2D eigenvalue weighted by Gasteiger charge is 2.19. The van der Waals surface area contributed by atoms with Gasteiger partial charge in [0, 0.05) is 0 Å². The SMILES string of the molecule is O=PP(P(P)P)P(P)PP. The van der Waals surface area contributed by atoms with Crippen LogP contribution in [0.4, 0.5) is 0 Å². The van der Waals surface area contributed by atoms with E-state index in [2.05, 4.69) is 35.7 Å². The van der Waals surface area contributed by atoms with Gasteiger partial charge in [0.15, 0.2) is 8.15 Å². The van der Waals surface area contributed by atoms with Gasteiger partial charge in [-0.15, -0.1) is 35.7 Å². The van der Waals surface area contributed by atoms with Crippen LogP contribution >= 0.6 is 72.8 Å². The third-order valence-corrected chi connectivity index (χ3v) is 45.0. The molecule has 0 fully saturated rings. The van der Waals surface area contributed by atoms with Gasteiger partial charge in [-0.3, -0.25) is 4.57 Å². The van der Waals surface area contributed by atoms with Crippen LogP contribution in [0.15, 0.2) is 0 Å². The molecule has 0 aliphatic rings. The molecule has 0 aromatic carbocycles. The highest BCUT2D eigenvalue weighted by Crippen LogP contribution is 3.04. The summed E-state index contributed by atoms with van der Waals surface area (Å²) in [5.41, 5.74) is 0. The standard InChI is InChI=1S/H9OP9/c1-6-10(8(3)4)9(5)7-2/h7H,2-5H2. The van der Waals surface area contributed by atoms with E-state index in [0.29, 0.717) is 8.15 Å². The molecule has 0 spiro atoms. The van der Waals surface area contributed by atoms with Crippen molar-refractivity contribution in [3.8, 4) is 0 Å². The quantitative estimate of drug-likeness (QED) is 0.650. The van der Waals surface area contributed by atoms with Gasteiger partial charge < -0.3 is 0 Å². The van der Waals surface area contributed by atoms with E-state index in [-0.39, 0.29) is 21.0 Å². The summed E-state index contributed by atoms with van der Waals surface area (Å²) in [6.45, 7) is -0.433. The zero-order valence-corrected chi connectivity index (χ0v) is 14.2. The van der Waals surface area contributed by atoms with E-state index in [1.807, 2.05) is 0 Å². The van der Waals surface area contributed by atoms with E-state index < -0.39 is 0 Å². The van der Waals surface area contributed by atoms with Crippen LogP contribution < -0.4 is 0 Å². The third kappa shape index (κ3) is 5.31. The van der Waals surface area contributed by atoms with E-state index in [9.17, 15) is 4.57 Å². The average molecular weight is 304 g/mol. The Morgan fingerprint density at radius 3 is 1.90 bits per heavy atom. The lowest BCUT2D eigenvalue weighted by Crippen LogP contribution is -1.33. The molecule has 10 heavy (non-hydrogen) atoms. The van der Waals surface area contributed by atoms with Gasteiger partial charge in [0.05, 0.1) is 6.99 Å². The molecule has 0 bridgehead atoms. The first-order valence-electron chi connectivity index (χ1n) is 2.07. The van der Waals surface area contributed by atoms with Crippen molar-refractivity contribution in [1.29, 1.82) is 0 Å². The molecular formula is H9OP9.